The van der Waals surface area contributed by atoms with Crippen LogP contribution in [-0.2, 0) is 6.54 Å². The fraction of sp³-hybridized carbons (Fsp3) is 0.188. The van der Waals surface area contributed by atoms with Crippen LogP contribution in [0.25, 0.3) is 0 Å². The van der Waals surface area contributed by atoms with Crippen molar-refractivity contribution < 1.29 is 32.5 Å². The molecule has 2 aromatic rings. The van der Waals surface area contributed by atoms with Crippen molar-refractivity contribution in [2.24, 2.45) is 0 Å². The minimum atomic E-state index is -4.75. The predicted molar refractivity (Wildman–Crippen MR) is 79.0 cm³/mol. The molecular weight excluding hydrogens is 327 g/mol. The number of carbonyl (C=O) groups is 1. The molecule has 0 radical (unpaired) electrons. The van der Waals surface area contributed by atoms with Crippen molar-refractivity contribution in [1.29, 1.82) is 0 Å². The summed E-state index contributed by atoms with van der Waals surface area (Å²) < 4.78 is 44.9. The van der Waals surface area contributed by atoms with E-state index in [1.54, 1.807) is 6.07 Å². The van der Waals surface area contributed by atoms with E-state index in [1.807, 2.05) is 0 Å². The minimum Gasteiger partial charge on any atom is -0.504 e. The molecule has 0 bridgehead atoms. The maximum atomic E-state index is 12.1. The number of nitrogens with one attached hydrogen (secondary N) is 1. The summed E-state index contributed by atoms with van der Waals surface area (Å²) in [4.78, 5) is 12.1. The lowest BCUT2D eigenvalue weighted by molar-refractivity contribution is -0.274. The third-order valence-corrected chi connectivity index (χ3v) is 3.07. The molecule has 0 aliphatic heterocycles. The molecule has 5 nitrogen and oxygen atoms in total. The van der Waals surface area contributed by atoms with Crippen LogP contribution in [0.1, 0.15) is 15.9 Å². The second-order valence-corrected chi connectivity index (χ2v) is 4.73. The Hall–Kier alpha value is -2.90. The number of methoxy groups -OCH3 is 1. The van der Waals surface area contributed by atoms with Gasteiger partial charge in [0.1, 0.15) is 5.75 Å². The van der Waals surface area contributed by atoms with E-state index in [0.29, 0.717) is 5.56 Å². The quantitative estimate of drug-likeness (QED) is 0.876. The summed E-state index contributed by atoms with van der Waals surface area (Å²) in [5, 5.41) is 12.4. The third kappa shape index (κ3) is 4.55. The normalized spacial score (nSPS) is 11.0. The standard InChI is InChI=1S/C16H14F3NO4/c1-23-13-4-2-3-12(14(13)21)15(22)20-9-10-5-7-11(8-6-10)24-16(17,18)19/h2-8,21H,9H2,1H3,(H,20,22). The Morgan fingerprint density at radius 1 is 1.17 bits per heavy atom. The molecule has 0 heterocycles. The second-order valence-electron chi connectivity index (χ2n) is 4.73. The van der Waals surface area contributed by atoms with E-state index in [4.69, 9.17) is 4.74 Å². The van der Waals surface area contributed by atoms with E-state index in [9.17, 15) is 23.1 Å². The largest absolute Gasteiger partial charge is 0.573 e. The molecule has 0 aromatic heterocycles. The van der Waals surface area contributed by atoms with E-state index >= 15 is 0 Å². The average molecular weight is 341 g/mol. The number of halogens is 3. The van der Waals surface area contributed by atoms with Gasteiger partial charge in [0.15, 0.2) is 11.5 Å². The lowest BCUT2D eigenvalue weighted by Gasteiger charge is -2.11. The summed E-state index contributed by atoms with van der Waals surface area (Å²) in [6, 6.07) is 9.57. The summed E-state index contributed by atoms with van der Waals surface area (Å²) in [5.74, 6) is -1.01. The van der Waals surface area contributed by atoms with Gasteiger partial charge in [0.2, 0.25) is 0 Å². The summed E-state index contributed by atoms with van der Waals surface area (Å²) in [6.07, 6.45) is -4.75. The molecule has 1 amide bonds. The van der Waals surface area contributed by atoms with Crippen LogP contribution in [0, 0.1) is 0 Å². The van der Waals surface area contributed by atoms with E-state index < -0.39 is 12.3 Å². The van der Waals surface area contributed by atoms with Crippen LogP contribution >= 0.6 is 0 Å². The topological polar surface area (TPSA) is 67.8 Å². The number of alkyl halides is 3. The Morgan fingerprint density at radius 2 is 1.83 bits per heavy atom. The highest BCUT2D eigenvalue weighted by Gasteiger charge is 2.30. The van der Waals surface area contributed by atoms with E-state index in [-0.39, 0.29) is 29.4 Å². The molecule has 8 heteroatoms. The number of hydrogen-bond donors (Lipinski definition) is 2. The minimum absolute atomic E-state index is 0.0337. The number of phenols is 1. The summed E-state index contributed by atoms with van der Waals surface area (Å²) in [7, 11) is 1.36. The molecular formula is C16H14F3NO4. The maximum Gasteiger partial charge on any atom is 0.573 e. The maximum absolute atomic E-state index is 12.1. The zero-order valence-corrected chi connectivity index (χ0v) is 12.6. The van der Waals surface area contributed by atoms with Gasteiger partial charge in [-0.2, -0.15) is 0 Å². The molecule has 0 saturated heterocycles. The number of ether oxygens (including phenoxy) is 2. The van der Waals surface area contributed by atoms with Crippen molar-refractivity contribution in [2.75, 3.05) is 7.11 Å². The first-order valence-corrected chi connectivity index (χ1v) is 6.79. The summed E-state index contributed by atoms with van der Waals surface area (Å²) in [5.41, 5.74) is 0.603. The van der Waals surface area contributed by atoms with Gasteiger partial charge in [-0.1, -0.05) is 18.2 Å². The number of rotatable bonds is 5. The van der Waals surface area contributed by atoms with Crippen LogP contribution in [0.15, 0.2) is 42.5 Å². The highest BCUT2D eigenvalue weighted by molar-refractivity contribution is 5.97. The van der Waals surface area contributed by atoms with Crippen LogP contribution in [0.3, 0.4) is 0 Å². The lowest BCUT2D eigenvalue weighted by Crippen LogP contribution is -2.23. The Labute approximate surface area is 135 Å². The van der Waals surface area contributed by atoms with E-state index in [1.165, 1.54) is 31.4 Å². The first-order valence-electron chi connectivity index (χ1n) is 6.79. The second kappa shape index (κ2) is 7.12. The molecule has 0 spiro atoms. The average Bonchev–Trinajstić information content (AvgIpc) is 2.52. The molecule has 0 atom stereocenters. The molecule has 0 fully saturated rings. The zero-order valence-electron chi connectivity index (χ0n) is 12.6. The fourth-order valence-corrected chi connectivity index (χ4v) is 1.96. The van der Waals surface area contributed by atoms with Gasteiger partial charge in [-0.15, -0.1) is 13.2 Å². The number of phenolic OH excluding ortho intramolecular Hbond substituents is 1. The Balaban J connectivity index is 1.99. The first kappa shape index (κ1) is 17.5. The zero-order chi connectivity index (χ0) is 17.7. The molecule has 0 unspecified atom stereocenters. The molecule has 0 aliphatic rings. The number of para-hydroxylation sites is 1. The SMILES string of the molecule is COc1cccc(C(=O)NCc2ccc(OC(F)(F)F)cc2)c1O. The molecule has 0 aliphatic carbocycles. The molecule has 24 heavy (non-hydrogen) atoms. The number of benzene rings is 2. The highest BCUT2D eigenvalue weighted by Crippen LogP contribution is 2.29. The van der Waals surface area contributed by atoms with Crippen molar-refractivity contribution in [1.82, 2.24) is 5.32 Å². The Kier molecular flexibility index (Phi) is 5.18. The highest BCUT2D eigenvalue weighted by atomic mass is 19.4. The predicted octanol–water partition coefficient (Wildman–Crippen LogP) is 3.23. The molecule has 0 saturated carbocycles. The smallest absolute Gasteiger partial charge is 0.504 e. The van der Waals surface area contributed by atoms with Gasteiger partial charge in [0, 0.05) is 6.54 Å². The van der Waals surface area contributed by atoms with Crippen LogP contribution in [0.4, 0.5) is 13.2 Å². The number of aromatic hydroxyl groups is 1. The van der Waals surface area contributed by atoms with Gasteiger partial charge in [-0.3, -0.25) is 4.79 Å². The van der Waals surface area contributed by atoms with Crippen LogP contribution in [-0.4, -0.2) is 24.5 Å². The number of hydrogen-bond acceptors (Lipinski definition) is 4. The number of amides is 1. The molecule has 128 valence electrons. The van der Waals surface area contributed by atoms with Crippen LogP contribution in [0.2, 0.25) is 0 Å². The first-order chi connectivity index (χ1) is 11.3. The third-order valence-electron chi connectivity index (χ3n) is 3.07. The summed E-state index contributed by atoms with van der Waals surface area (Å²) >= 11 is 0. The van der Waals surface area contributed by atoms with Crippen molar-refractivity contribution >= 4 is 5.91 Å². The van der Waals surface area contributed by atoms with Crippen molar-refractivity contribution in [3.63, 3.8) is 0 Å². The Bertz CT molecular complexity index is 714. The molecule has 2 aromatic carbocycles. The summed E-state index contributed by atoms with van der Waals surface area (Å²) in [6.45, 7) is 0.0712. The van der Waals surface area contributed by atoms with Crippen LogP contribution < -0.4 is 14.8 Å². The Morgan fingerprint density at radius 3 is 2.42 bits per heavy atom. The van der Waals surface area contributed by atoms with Crippen LogP contribution in [0.5, 0.6) is 17.2 Å². The van der Waals surface area contributed by atoms with Gasteiger partial charge in [-0.05, 0) is 29.8 Å². The van der Waals surface area contributed by atoms with Gasteiger partial charge in [0.25, 0.3) is 5.91 Å². The van der Waals surface area contributed by atoms with Gasteiger partial charge in [0.05, 0.1) is 12.7 Å². The van der Waals surface area contributed by atoms with E-state index in [0.717, 1.165) is 12.1 Å². The van der Waals surface area contributed by atoms with Gasteiger partial charge < -0.3 is 19.9 Å². The molecule has 2 N–H and O–H groups in total. The van der Waals surface area contributed by atoms with Crippen molar-refractivity contribution in [3.8, 4) is 17.2 Å². The van der Waals surface area contributed by atoms with Crippen molar-refractivity contribution in [3.05, 3.63) is 53.6 Å². The van der Waals surface area contributed by atoms with Crippen molar-refractivity contribution in [2.45, 2.75) is 12.9 Å². The van der Waals surface area contributed by atoms with Gasteiger partial charge in [-0.25, -0.2) is 0 Å². The van der Waals surface area contributed by atoms with Gasteiger partial charge >= 0.3 is 6.36 Å². The number of carbonyl (C=O) groups excluding carboxylic acids is 1. The monoisotopic (exact) mass is 341 g/mol. The lowest BCUT2D eigenvalue weighted by atomic mass is 10.1. The fourth-order valence-electron chi connectivity index (χ4n) is 1.96. The van der Waals surface area contributed by atoms with E-state index in [2.05, 4.69) is 10.1 Å². The molecule has 2 rings (SSSR count).